The van der Waals surface area contributed by atoms with E-state index in [0.29, 0.717) is 23.8 Å². The van der Waals surface area contributed by atoms with Crippen LogP contribution in [0.15, 0.2) is 59.1 Å². The molecule has 6 heteroatoms. The molecule has 1 amide bonds. The summed E-state index contributed by atoms with van der Waals surface area (Å²) in [6, 6.07) is 13.5. The number of likely N-dealkylation sites (tertiary alicyclic amines) is 1. The van der Waals surface area contributed by atoms with Crippen LogP contribution < -0.4 is 5.32 Å². The average Bonchev–Trinajstić information content (AvgIpc) is 3.39. The lowest BCUT2D eigenvalue weighted by Gasteiger charge is -2.18. The molecular weight excluding hydrogens is 345 g/mol. The summed E-state index contributed by atoms with van der Waals surface area (Å²) in [5, 5.41) is 3.24. The molecule has 4 rings (SSSR count). The average molecular weight is 365 g/mol. The van der Waals surface area contributed by atoms with E-state index in [1.807, 2.05) is 29.2 Å². The number of hydrogen-bond donors (Lipinski definition) is 1. The number of hydrogen-bond acceptors (Lipinski definition) is 4. The van der Waals surface area contributed by atoms with Gasteiger partial charge in [0.05, 0.1) is 18.3 Å². The summed E-state index contributed by atoms with van der Waals surface area (Å²) in [6.45, 7) is 1.98. The van der Waals surface area contributed by atoms with Gasteiger partial charge in [-0.2, -0.15) is 0 Å². The zero-order valence-corrected chi connectivity index (χ0v) is 14.8. The fourth-order valence-corrected chi connectivity index (χ4v) is 3.22. The zero-order valence-electron chi connectivity index (χ0n) is 14.8. The number of nitrogens with one attached hydrogen (secondary N) is 1. The van der Waals surface area contributed by atoms with Crippen molar-refractivity contribution in [3.05, 3.63) is 72.0 Å². The van der Waals surface area contributed by atoms with E-state index in [0.717, 1.165) is 37.2 Å². The fourth-order valence-electron chi connectivity index (χ4n) is 3.22. The number of carbonyl (C=O) groups excluding carboxylic acids is 1. The van der Waals surface area contributed by atoms with Crippen LogP contribution in [-0.2, 0) is 6.54 Å². The van der Waals surface area contributed by atoms with Gasteiger partial charge in [-0.05, 0) is 49.2 Å². The van der Waals surface area contributed by atoms with Crippen LogP contribution >= 0.6 is 0 Å². The van der Waals surface area contributed by atoms with Crippen molar-refractivity contribution in [3.8, 4) is 11.3 Å². The van der Waals surface area contributed by atoms with Crippen LogP contribution in [0.3, 0.4) is 0 Å². The minimum Gasteiger partial charge on any atom is -0.439 e. The van der Waals surface area contributed by atoms with Crippen molar-refractivity contribution in [2.75, 3.05) is 18.4 Å². The number of aromatic nitrogens is 1. The first-order chi connectivity index (χ1) is 13.2. The monoisotopic (exact) mass is 365 g/mol. The van der Waals surface area contributed by atoms with Crippen molar-refractivity contribution in [2.24, 2.45) is 0 Å². The van der Waals surface area contributed by atoms with E-state index in [2.05, 4.69) is 10.3 Å². The predicted octanol–water partition coefficient (Wildman–Crippen LogP) is 4.33. The highest BCUT2D eigenvalue weighted by Gasteiger charge is 2.21. The van der Waals surface area contributed by atoms with Crippen LogP contribution in [0.4, 0.5) is 10.1 Å². The summed E-state index contributed by atoms with van der Waals surface area (Å²) in [7, 11) is 0. The maximum atomic E-state index is 13.0. The lowest BCUT2D eigenvalue weighted by atomic mass is 10.1. The van der Waals surface area contributed by atoms with E-state index in [1.165, 1.54) is 12.1 Å². The SMILES string of the molecule is O=C(c1ccccc1NCc1ncc(-c2ccc(F)cc2)o1)N1CCCC1. The highest BCUT2D eigenvalue weighted by molar-refractivity contribution is 5.99. The largest absolute Gasteiger partial charge is 0.439 e. The van der Waals surface area contributed by atoms with E-state index in [9.17, 15) is 9.18 Å². The first kappa shape index (κ1) is 17.3. The zero-order chi connectivity index (χ0) is 18.6. The minimum absolute atomic E-state index is 0.0509. The Hall–Kier alpha value is -3.15. The number of nitrogens with zero attached hydrogens (tertiary/aromatic N) is 2. The maximum absolute atomic E-state index is 13.0. The third kappa shape index (κ3) is 3.84. The molecule has 0 aliphatic carbocycles. The van der Waals surface area contributed by atoms with Crippen molar-refractivity contribution in [1.82, 2.24) is 9.88 Å². The van der Waals surface area contributed by atoms with Gasteiger partial charge in [-0.25, -0.2) is 9.37 Å². The molecule has 0 bridgehead atoms. The third-order valence-electron chi connectivity index (χ3n) is 4.66. The van der Waals surface area contributed by atoms with Gasteiger partial charge in [-0.15, -0.1) is 0 Å². The van der Waals surface area contributed by atoms with Crippen LogP contribution in [0.25, 0.3) is 11.3 Å². The summed E-state index contributed by atoms with van der Waals surface area (Å²) in [5.74, 6) is 0.834. The second-order valence-corrected chi connectivity index (χ2v) is 6.52. The molecule has 1 N–H and O–H groups in total. The summed E-state index contributed by atoms with van der Waals surface area (Å²) >= 11 is 0. The lowest BCUT2D eigenvalue weighted by molar-refractivity contribution is 0.0793. The number of anilines is 1. The second kappa shape index (κ2) is 7.61. The molecule has 27 heavy (non-hydrogen) atoms. The number of carbonyl (C=O) groups is 1. The first-order valence-corrected chi connectivity index (χ1v) is 9.03. The van der Waals surface area contributed by atoms with Gasteiger partial charge in [-0.3, -0.25) is 4.79 Å². The Morgan fingerprint density at radius 2 is 1.85 bits per heavy atom. The van der Waals surface area contributed by atoms with Gasteiger partial charge in [-0.1, -0.05) is 12.1 Å². The molecule has 0 radical (unpaired) electrons. The Labute approximate surface area is 156 Å². The number of benzene rings is 2. The number of rotatable bonds is 5. The smallest absolute Gasteiger partial charge is 0.255 e. The number of amides is 1. The predicted molar refractivity (Wildman–Crippen MR) is 101 cm³/mol. The minimum atomic E-state index is -0.292. The van der Waals surface area contributed by atoms with Gasteiger partial charge in [0.1, 0.15) is 5.82 Å². The molecule has 138 valence electrons. The van der Waals surface area contributed by atoms with Crippen molar-refractivity contribution in [1.29, 1.82) is 0 Å². The van der Waals surface area contributed by atoms with Gasteiger partial charge >= 0.3 is 0 Å². The molecule has 2 heterocycles. The van der Waals surface area contributed by atoms with E-state index in [-0.39, 0.29) is 11.7 Å². The van der Waals surface area contributed by atoms with Gasteiger partial charge in [0, 0.05) is 24.3 Å². The number of oxazole rings is 1. The second-order valence-electron chi connectivity index (χ2n) is 6.52. The molecule has 1 saturated heterocycles. The van der Waals surface area contributed by atoms with E-state index in [4.69, 9.17) is 4.42 Å². The third-order valence-corrected chi connectivity index (χ3v) is 4.66. The van der Waals surface area contributed by atoms with Crippen LogP contribution in [0.2, 0.25) is 0 Å². The van der Waals surface area contributed by atoms with Crippen LogP contribution in [-0.4, -0.2) is 28.9 Å². The van der Waals surface area contributed by atoms with Crippen molar-refractivity contribution in [2.45, 2.75) is 19.4 Å². The molecular formula is C21H20FN3O2. The topological polar surface area (TPSA) is 58.4 Å². The molecule has 1 aliphatic rings. The van der Waals surface area contributed by atoms with Crippen molar-refractivity contribution < 1.29 is 13.6 Å². The molecule has 3 aromatic rings. The van der Waals surface area contributed by atoms with Crippen LogP contribution in [0.5, 0.6) is 0 Å². The van der Waals surface area contributed by atoms with Gasteiger partial charge in [0.2, 0.25) is 5.89 Å². The first-order valence-electron chi connectivity index (χ1n) is 9.03. The van der Waals surface area contributed by atoms with Crippen LogP contribution in [0.1, 0.15) is 29.1 Å². The van der Waals surface area contributed by atoms with Gasteiger partial charge in [0.15, 0.2) is 5.76 Å². The molecule has 0 unspecified atom stereocenters. The molecule has 2 aromatic carbocycles. The van der Waals surface area contributed by atoms with Crippen LogP contribution in [0, 0.1) is 5.82 Å². The Morgan fingerprint density at radius 1 is 1.11 bits per heavy atom. The molecule has 1 aromatic heterocycles. The summed E-state index contributed by atoms with van der Waals surface area (Å²) in [6.07, 6.45) is 3.74. The van der Waals surface area contributed by atoms with Crippen molar-refractivity contribution >= 4 is 11.6 Å². The standard InChI is InChI=1S/C21H20FN3O2/c22-16-9-7-15(8-10-16)19-13-24-20(27-19)14-23-18-6-2-1-5-17(18)21(26)25-11-3-4-12-25/h1-2,5-10,13,23H,3-4,11-12,14H2. The Balaban J connectivity index is 1.46. The molecule has 0 saturated carbocycles. The quantitative estimate of drug-likeness (QED) is 0.731. The molecule has 0 spiro atoms. The van der Waals surface area contributed by atoms with E-state index >= 15 is 0 Å². The fraction of sp³-hybridized carbons (Fsp3) is 0.238. The molecule has 1 aliphatic heterocycles. The molecule has 1 fully saturated rings. The summed E-state index contributed by atoms with van der Waals surface area (Å²) in [5.41, 5.74) is 2.18. The Kier molecular flexibility index (Phi) is 4.87. The Bertz CT molecular complexity index is 931. The highest BCUT2D eigenvalue weighted by atomic mass is 19.1. The van der Waals surface area contributed by atoms with Gasteiger partial charge in [0.25, 0.3) is 5.91 Å². The van der Waals surface area contributed by atoms with Gasteiger partial charge < -0.3 is 14.6 Å². The summed E-state index contributed by atoms with van der Waals surface area (Å²) in [4.78, 5) is 18.9. The van der Waals surface area contributed by atoms with E-state index < -0.39 is 0 Å². The number of halogens is 1. The normalized spacial score (nSPS) is 13.7. The molecule has 0 atom stereocenters. The highest BCUT2D eigenvalue weighted by Crippen LogP contribution is 2.23. The maximum Gasteiger partial charge on any atom is 0.255 e. The summed E-state index contributed by atoms with van der Waals surface area (Å²) < 4.78 is 18.8. The lowest BCUT2D eigenvalue weighted by Crippen LogP contribution is -2.28. The number of para-hydroxylation sites is 1. The van der Waals surface area contributed by atoms with E-state index in [1.54, 1.807) is 18.3 Å². The Morgan fingerprint density at radius 3 is 2.63 bits per heavy atom. The van der Waals surface area contributed by atoms with Crippen molar-refractivity contribution in [3.63, 3.8) is 0 Å². The molecule has 5 nitrogen and oxygen atoms in total.